The summed E-state index contributed by atoms with van der Waals surface area (Å²) in [7, 11) is 1.55. The Hall–Kier alpha value is -3.83. The van der Waals surface area contributed by atoms with Crippen molar-refractivity contribution in [1.82, 2.24) is 20.3 Å². The number of amides is 2. The van der Waals surface area contributed by atoms with Crippen LogP contribution in [-0.4, -0.2) is 57.7 Å². The van der Waals surface area contributed by atoms with Gasteiger partial charge in [-0.1, -0.05) is 0 Å². The highest BCUT2D eigenvalue weighted by molar-refractivity contribution is 5.94. The molecular weight excluding hydrogens is 452 g/mol. The fourth-order valence-electron chi connectivity index (χ4n) is 4.36. The minimum absolute atomic E-state index is 0.0152. The number of aromatic nitrogens is 3. The van der Waals surface area contributed by atoms with Crippen LogP contribution in [0.15, 0.2) is 36.4 Å². The molecule has 4 heterocycles. The highest BCUT2D eigenvalue weighted by atomic mass is 16.5. The molecule has 0 saturated heterocycles. The number of hydrogen-bond donors (Lipinski definition) is 4. The standard InChI is InChI=1S/C24H26N6O5/c1-34-22-9-6-15-16(28-22)5-8-20(27-15)29-24(33)13-2-4-17(18(31)10-13)25-11-14-3-7-19-23(26-14)30-21(32)12-35-19/h3,5-9,13,17-18,25,31H,2,4,10-12H2,1H3,(H,26,30,32)(H,27,29,33)/t13-,17-,18-/m1/s1. The molecule has 3 aromatic heterocycles. The van der Waals surface area contributed by atoms with Gasteiger partial charge in [0.1, 0.15) is 5.82 Å². The first kappa shape index (κ1) is 22.9. The zero-order chi connectivity index (χ0) is 24.4. The quantitative estimate of drug-likeness (QED) is 0.415. The van der Waals surface area contributed by atoms with E-state index in [0.717, 1.165) is 5.69 Å². The molecule has 5 rings (SSSR count). The van der Waals surface area contributed by atoms with Crippen LogP contribution >= 0.6 is 0 Å². The summed E-state index contributed by atoms with van der Waals surface area (Å²) in [5.74, 6) is 1.16. The molecule has 35 heavy (non-hydrogen) atoms. The lowest BCUT2D eigenvalue weighted by molar-refractivity contribution is -0.122. The number of ether oxygens (including phenoxy) is 2. The molecule has 0 unspecified atom stereocenters. The molecule has 0 bridgehead atoms. The zero-order valence-electron chi connectivity index (χ0n) is 19.2. The molecule has 2 aliphatic rings. The largest absolute Gasteiger partial charge is 0.481 e. The van der Waals surface area contributed by atoms with Gasteiger partial charge in [-0.15, -0.1) is 0 Å². The monoisotopic (exact) mass is 478 g/mol. The average Bonchev–Trinajstić information content (AvgIpc) is 2.87. The number of methoxy groups -OCH3 is 1. The summed E-state index contributed by atoms with van der Waals surface area (Å²) in [6.07, 6.45) is 0.936. The molecule has 0 spiro atoms. The number of pyridine rings is 3. The van der Waals surface area contributed by atoms with Crippen molar-refractivity contribution in [2.45, 2.75) is 38.0 Å². The lowest BCUT2D eigenvalue weighted by atomic mass is 9.83. The fourth-order valence-corrected chi connectivity index (χ4v) is 4.36. The molecule has 182 valence electrons. The number of carbonyl (C=O) groups excluding carboxylic acids is 2. The molecule has 2 amide bonds. The molecule has 3 aromatic rings. The Morgan fingerprint density at radius 2 is 1.97 bits per heavy atom. The Balaban J connectivity index is 1.14. The number of fused-ring (bicyclic) bond motifs is 2. The van der Waals surface area contributed by atoms with Gasteiger partial charge in [-0.3, -0.25) is 9.59 Å². The summed E-state index contributed by atoms with van der Waals surface area (Å²) in [6, 6.07) is 10.4. The molecule has 0 radical (unpaired) electrons. The molecule has 1 fully saturated rings. The lowest BCUT2D eigenvalue weighted by Gasteiger charge is -2.33. The van der Waals surface area contributed by atoms with Crippen molar-refractivity contribution >= 4 is 34.5 Å². The number of nitrogens with one attached hydrogen (secondary N) is 3. The third kappa shape index (κ3) is 5.15. The third-order valence-electron chi connectivity index (χ3n) is 6.24. The molecule has 4 N–H and O–H groups in total. The Labute approximate surface area is 201 Å². The van der Waals surface area contributed by atoms with Crippen molar-refractivity contribution in [3.8, 4) is 11.6 Å². The van der Waals surface area contributed by atoms with E-state index in [4.69, 9.17) is 9.47 Å². The summed E-state index contributed by atoms with van der Waals surface area (Å²) in [5, 5.41) is 19.5. The van der Waals surface area contributed by atoms with Crippen molar-refractivity contribution < 1.29 is 24.2 Å². The normalized spacial score (nSPS) is 21.5. The van der Waals surface area contributed by atoms with Crippen LogP contribution in [0.4, 0.5) is 11.6 Å². The molecule has 11 heteroatoms. The Morgan fingerprint density at radius 1 is 1.14 bits per heavy atom. The summed E-state index contributed by atoms with van der Waals surface area (Å²) < 4.78 is 10.4. The maximum absolute atomic E-state index is 12.8. The lowest BCUT2D eigenvalue weighted by Crippen LogP contribution is -2.46. The molecule has 11 nitrogen and oxygen atoms in total. The molecule has 0 aromatic carbocycles. The minimum atomic E-state index is -0.679. The molecule has 1 aliphatic carbocycles. The van der Waals surface area contributed by atoms with Crippen LogP contribution < -0.4 is 25.4 Å². The summed E-state index contributed by atoms with van der Waals surface area (Å²) >= 11 is 0. The number of rotatable bonds is 6. The second kappa shape index (κ2) is 9.80. The number of anilines is 2. The van der Waals surface area contributed by atoms with E-state index in [-0.39, 0.29) is 30.4 Å². The van der Waals surface area contributed by atoms with Gasteiger partial charge >= 0.3 is 0 Å². The van der Waals surface area contributed by atoms with Gasteiger partial charge in [-0.2, -0.15) is 0 Å². The number of nitrogens with zero attached hydrogens (tertiary/aromatic N) is 3. The van der Waals surface area contributed by atoms with Crippen LogP contribution in [0.2, 0.25) is 0 Å². The first-order valence-electron chi connectivity index (χ1n) is 11.4. The van der Waals surface area contributed by atoms with Crippen LogP contribution in [0.5, 0.6) is 11.6 Å². The van der Waals surface area contributed by atoms with Crippen LogP contribution in [0, 0.1) is 5.92 Å². The van der Waals surface area contributed by atoms with Crippen molar-refractivity contribution in [2.24, 2.45) is 5.92 Å². The number of carbonyl (C=O) groups is 2. The average molecular weight is 479 g/mol. The maximum atomic E-state index is 12.8. The number of aliphatic hydroxyl groups is 1. The molecular formula is C24H26N6O5. The van der Waals surface area contributed by atoms with E-state index in [1.807, 2.05) is 6.07 Å². The number of aliphatic hydroxyl groups excluding tert-OH is 1. The predicted molar refractivity (Wildman–Crippen MR) is 127 cm³/mol. The highest BCUT2D eigenvalue weighted by Crippen LogP contribution is 2.28. The van der Waals surface area contributed by atoms with Gasteiger partial charge in [0.15, 0.2) is 18.2 Å². The molecule has 1 saturated carbocycles. The van der Waals surface area contributed by atoms with Crippen molar-refractivity contribution in [1.29, 1.82) is 0 Å². The second-order valence-corrected chi connectivity index (χ2v) is 8.63. The van der Waals surface area contributed by atoms with E-state index in [0.29, 0.717) is 60.1 Å². The Kier molecular flexibility index (Phi) is 6.43. The summed E-state index contributed by atoms with van der Waals surface area (Å²) in [5.41, 5.74) is 2.04. The SMILES string of the molecule is COc1ccc2nc(NC(=O)[C@@H]3CC[C@@H](NCc4ccc5c(n4)NC(=O)CO5)[C@H](O)C3)ccc2n1. The highest BCUT2D eigenvalue weighted by Gasteiger charge is 2.33. The van der Waals surface area contributed by atoms with E-state index in [1.54, 1.807) is 37.4 Å². The van der Waals surface area contributed by atoms with Gasteiger partial charge in [0.2, 0.25) is 11.8 Å². The summed E-state index contributed by atoms with van der Waals surface area (Å²) in [6.45, 7) is 0.403. The first-order chi connectivity index (χ1) is 17.0. The summed E-state index contributed by atoms with van der Waals surface area (Å²) in [4.78, 5) is 37.5. The van der Waals surface area contributed by atoms with Gasteiger partial charge in [0.05, 0.1) is 29.9 Å². The Morgan fingerprint density at radius 3 is 2.80 bits per heavy atom. The van der Waals surface area contributed by atoms with Crippen molar-refractivity contribution in [3.63, 3.8) is 0 Å². The first-order valence-corrected chi connectivity index (χ1v) is 11.4. The molecule has 3 atom stereocenters. The van der Waals surface area contributed by atoms with Crippen LogP contribution in [0.1, 0.15) is 25.0 Å². The second-order valence-electron chi connectivity index (χ2n) is 8.63. The fraction of sp³-hybridized carbons (Fsp3) is 0.375. The van der Waals surface area contributed by atoms with E-state index in [1.165, 1.54) is 0 Å². The van der Waals surface area contributed by atoms with E-state index in [9.17, 15) is 14.7 Å². The van der Waals surface area contributed by atoms with Crippen LogP contribution in [0.3, 0.4) is 0 Å². The maximum Gasteiger partial charge on any atom is 0.263 e. The van der Waals surface area contributed by atoms with Gasteiger partial charge in [-0.25, -0.2) is 15.0 Å². The number of hydrogen-bond acceptors (Lipinski definition) is 9. The van der Waals surface area contributed by atoms with E-state index < -0.39 is 6.10 Å². The minimum Gasteiger partial charge on any atom is -0.481 e. The zero-order valence-corrected chi connectivity index (χ0v) is 19.2. The smallest absolute Gasteiger partial charge is 0.263 e. The van der Waals surface area contributed by atoms with E-state index in [2.05, 4.69) is 30.9 Å². The van der Waals surface area contributed by atoms with Crippen molar-refractivity contribution in [3.05, 3.63) is 42.1 Å². The van der Waals surface area contributed by atoms with Gasteiger partial charge in [0.25, 0.3) is 5.91 Å². The van der Waals surface area contributed by atoms with Crippen LogP contribution in [-0.2, 0) is 16.1 Å². The van der Waals surface area contributed by atoms with Gasteiger partial charge in [0, 0.05) is 24.6 Å². The van der Waals surface area contributed by atoms with Crippen molar-refractivity contribution in [2.75, 3.05) is 24.4 Å². The Bertz CT molecular complexity index is 1270. The van der Waals surface area contributed by atoms with Crippen LogP contribution in [0.25, 0.3) is 11.0 Å². The molecule has 1 aliphatic heterocycles. The topological polar surface area (TPSA) is 148 Å². The van der Waals surface area contributed by atoms with Gasteiger partial charge < -0.3 is 30.5 Å². The third-order valence-corrected chi connectivity index (χ3v) is 6.24. The van der Waals surface area contributed by atoms with E-state index >= 15 is 0 Å². The van der Waals surface area contributed by atoms with Gasteiger partial charge in [-0.05, 0) is 49.6 Å². The predicted octanol–water partition coefficient (Wildman–Crippen LogP) is 1.62.